The van der Waals surface area contributed by atoms with Crippen molar-refractivity contribution in [1.29, 1.82) is 0 Å². The van der Waals surface area contributed by atoms with E-state index in [4.69, 9.17) is 0 Å². The normalized spacial score (nSPS) is 20.4. The van der Waals surface area contributed by atoms with E-state index in [9.17, 15) is 5.11 Å². The van der Waals surface area contributed by atoms with Crippen molar-refractivity contribution in [2.75, 3.05) is 13.1 Å². The Morgan fingerprint density at radius 2 is 2.33 bits per heavy atom. The first-order valence-corrected chi connectivity index (χ1v) is 5.63. The minimum Gasteiger partial charge on any atom is -0.388 e. The zero-order valence-electron chi connectivity index (χ0n) is 9.19. The molecular formula is C11H19N3O. The van der Waals surface area contributed by atoms with Crippen molar-refractivity contribution in [3.05, 3.63) is 18.0 Å². The molecule has 0 saturated carbocycles. The second-order valence-electron chi connectivity index (χ2n) is 4.39. The van der Waals surface area contributed by atoms with Gasteiger partial charge in [-0.25, -0.2) is 0 Å². The van der Waals surface area contributed by atoms with E-state index in [2.05, 4.69) is 10.4 Å². The predicted octanol–water partition coefficient (Wildman–Crippen LogP) is 0.843. The maximum absolute atomic E-state index is 10.0. The number of aryl methyl sites for hydroxylation is 1. The van der Waals surface area contributed by atoms with Crippen LogP contribution in [0.15, 0.2) is 12.4 Å². The standard InChI is InChI=1S/C11H19N3O/c1-14-8-10(7-13-14)11(15)6-9-2-4-12-5-3-9/h7-9,11-12,15H,2-6H2,1H3. The van der Waals surface area contributed by atoms with Gasteiger partial charge >= 0.3 is 0 Å². The van der Waals surface area contributed by atoms with Crippen molar-refractivity contribution in [3.8, 4) is 0 Å². The van der Waals surface area contributed by atoms with Crippen LogP contribution < -0.4 is 5.32 Å². The number of piperidine rings is 1. The number of hydrogen-bond acceptors (Lipinski definition) is 3. The lowest BCUT2D eigenvalue weighted by Crippen LogP contribution is -2.28. The van der Waals surface area contributed by atoms with Crippen molar-refractivity contribution >= 4 is 0 Å². The van der Waals surface area contributed by atoms with Gasteiger partial charge in [-0.1, -0.05) is 0 Å². The summed E-state index contributed by atoms with van der Waals surface area (Å²) in [5.41, 5.74) is 0.941. The maximum Gasteiger partial charge on any atom is 0.0823 e. The molecule has 1 unspecified atom stereocenters. The SMILES string of the molecule is Cn1cc(C(O)CC2CCNCC2)cn1. The van der Waals surface area contributed by atoms with Crippen LogP contribution in [0.3, 0.4) is 0 Å². The molecule has 4 nitrogen and oxygen atoms in total. The first-order valence-electron chi connectivity index (χ1n) is 5.63. The van der Waals surface area contributed by atoms with E-state index >= 15 is 0 Å². The summed E-state index contributed by atoms with van der Waals surface area (Å²) in [6.45, 7) is 2.18. The molecule has 1 saturated heterocycles. The van der Waals surface area contributed by atoms with Gasteiger partial charge in [0, 0.05) is 18.8 Å². The highest BCUT2D eigenvalue weighted by Gasteiger charge is 2.18. The van der Waals surface area contributed by atoms with E-state index in [0.29, 0.717) is 5.92 Å². The molecule has 1 aromatic heterocycles. The van der Waals surface area contributed by atoms with Crippen molar-refractivity contribution < 1.29 is 5.11 Å². The molecule has 0 bridgehead atoms. The van der Waals surface area contributed by atoms with Crippen LogP contribution >= 0.6 is 0 Å². The quantitative estimate of drug-likeness (QED) is 0.775. The topological polar surface area (TPSA) is 50.1 Å². The highest BCUT2D eigenvalue weighted by Crippen LogP contribution is 2.25. The molecule has 1 aromatic rings. The van der Waals surface area contributed by atoms with E-state index in [-0.39, 0.29) is 6.10 Å². The summed E-state index contributed by atoms with van der Waals surface area (Å²) >= 11 is 0. The summed E-state index contributed by atoms with van der Waals surface area (Å²) < 4.78 is 1.74. The largest absolute Gasteiger partial charge is 0.388 e. The molecule has 2 N–H and O–H groups in total. The summed E-state index contributed by atoms with van der Waals surface area (Å²) in [6.07, 6.45) is 6.53. The molecule has 2 heterocycles. The number of rotatable bonds is 3. The van der Waals surface area contributed by atoms with E-state index < -0.39 is 0 Å². The Kier molecular flexibility index (Phi) is 3.38. The van der Waals surface area contributed by atoms with Gasteiger partial charge in [-0.3, -0.25) is 4.68 Å². The summed E-state index contributed by atoms with van der Waals surface area (Å²) in [6, 6.07) is 0. The molecule has 2 rings (SSSR count). The molecule has 0 spiro atoms. The number of aliphatic hydroxyl groups is 1. The van der Waals surface area contributed by atoms with E-state index in [1.54, 1.807) is 10.9 Å². The lowest BCUT2D eigenvalue weighted by atomic mass is 9.90. The first kappa shape index (κ1) is 10.6. The lowest BCUT2D eigenvalue weighted by Gasteiger charge is -2.24. The third-order valence-electron chi connectivity index (χ3n) is 3.12. The minimum atomic E-state index is -0.346. The average Bonchev–Trinajstić information content (AvgIpc) is 2.66. The Hall–Kier alpha value is -0.870. The van der Waals surface area contributed by atoms with Gasteiger partial charge in [-0.2, -0.15) is 5.10 Å². The lowest BCUT2D eigenvalue weighted by molar-refractivity contribution is 0.133. The van der Waals surface area contributed by atoms with Gasteiger partial charge in [0.05, 0.1) is 12.3 Å². The average molecular weight is 209 g/mol. The first-order chi connectivity index (χ1) is 7.25. The number of aromatic nitrogens is 2. The van der Waals surface area contributed by atoms with Crippen LogP contribution in [0.1, 0.15) is 30.9 Å². The van der Waals surface area contributed by atoms with Crippen molar-refractivity contribution in [1.82, 2.24) is 15.1 Å². The molecule has 0 aliphatic carbocycles. The predicted molar refractivity (Wildman–Crippen MR) is 58.4 cm³/mol. The number of nitrogens with one attached hydrogen (secondary N) is 1. The summed E-state index contributed by atoms with van der Waals surface area (Å²) in [5.74, 6) is 0.654. The Morgan fingerprint density at radius 1 is 1.60 bits per heavy atom. The van der Waals surface area contributed by atoms with Crippen LogP contribution in [0, 0.1) is 5.92 Å². The Balaban J connectivity index is 1.88. The number of aliphatic hydroxyl groups excluding tert-OH is 1. The van der Waals surface area contributed by atoms with Crippen LogP contribution in [0.4, 0.5) is 0 Å². The second-order valence-corrected chi connectivity index (χ2v) is 4.39. The van der Waals surface area contributed by atoms with Crippen LogP contribution in [0.25, 0.3) is 0 Å². The molecule has 4 heteroatoms. The zero-order chi connectivity index (χ0) is 10.7. The van der Waals surface area contributed by atoms with Crippen LogP contribution in [0.2, 0.25) is 0 Å². The molecule has 0 aromatic carbocycles. The maximum atomic E-state index is 10.0. The van der Waals surface area contributed by atoms with Gasteiger partial charge in [0.25, 0.3) is 0 Å². The minimum absolute atomic E-state index is 0.346. The van der Waals surface area contributed by atoms with Crippen molar-refractivity contribution in [2.45, 2.75) is 25.4 Å². The third-order valence-corrected chi connectivity index (χ3v) is 3.12. The fraction of sp³-hybridized carbons (Fsp3) is 0.727. The Morgan fingerprint density at radius 3 is 2.93 bits per heavy atom. The molecule has 1 aliphatic rings. The van der Waals surface area contributed by atoms with Crippen LogP contribution in [-0.4, -0.2) is 28.0 Å². The molecule has 1 atom stereocenters. The van der Waals surface area contributed by atoms with Crippen molar-refractivity contribution in [3.63, 3.8) is 0 Å². The van der Waals surface area contributed by atoms with Crippen molar-refractivity contribution in [2.24, 2.45) is 13.0 Å². The Labute approximate surface area is 90.3 Å². The van der Waals surface area contributed by atoms with Gasteiger partial charge in [0.15, 0.2) is 0 Å². The van der Waals surface area contributed by atoms with Gasteiger partial charge in [0.2, 0.25) is 0 Å². The van der Waals surface area contributed by atoms with Gasteiger partial charge in [-0.05, 0) is 38.3 Å². The Bertz CT molecular complexity index is 305. The molecule has 0 amide bonds. The van der Waals surface area contributed by atoms with Gasteiger partial charge in [0.1, 0.15) is 0 Å². The summed E-state index contributed by atoms with van der Waals surface area (Å²) in [5, 5.41) is 17.4. The van der Waals surface area contributed by atoms with Crippen LogP contribution in [0.5, 0.6) is 0 Å². The summed E-state index contributed by atoms with van der Waals surface area (Å²) in [7, 11) is 1.88. The smallest absolute Gasteiger partial charge is 0.0823 e. The summed E-state index contributed by atoms with van der Waals surface area (Å²) in [4.78, 5) is 0. The molecule has 1 fully saturated rings. The van der Waals surface area contributed by atoms with Gasteiger partial charge in [-0.15, -0.1) is 0 Å². The molecule has 1 aliphatic heterocycles. The number of hydrogen-bond donors (Lipinski definition) is 2. The fourth-order valence-corrected chi connectivity index (χ4v) is 2.18. The fourth-order valence-electron chi connectivity index (χ4n) is 2.18. The molecular weight excluding hydrogens is 190 g/mol. The van der Waals surface area contributed by atoms with E-state index in [1.807, 2.05) is 13.2 Å². The highest BCUT2D eigenvalue weighted by molar-refractivity contribution is 5.07. The van der Waals surface area contributed by atoms with Gasteiger partial charge < -0.3 is 10.4 Å². The second kappa shape index (κ2) is 4.77. The van der Waals surface area contributed by atoms with E-state index in [1.165, 1.54) is 12.8 Å². The molecule has 15 heavy (non-hydrogen) atoms. The molecule has 0 radical (unpaired) electrons. The number of nitrogens with zero attached hydrogens (tertiary/aromatic N) is 2. The third kappa shape index (κ3) is 2.79. The van der Waals surface area contributed by atoms with E-state index in [0.717, 1.165) is 25.1 Å². The monoisotopic (exact) mass is 209 g/mol. The van der Waals surface area contributed by atoms with Crippen LogP contribution in [-0.2, 0) is 7.05 Å². The molecule has 84 valence electrons. The zero-order valence-corrected chi connectivity index (χ0v) is 9.19. The highest BCUT2D eigenvalue weighted by atomic mass is 16.3.